The second-order valence-electron chi connectivity index (χ2n) is 12.2. The van der Waals surface area contributed by atoms with E-state index in [2.05, 4.69) is 85.2 Å². The standard InChI is InChI=1S/C33H42N2O3Si/c1-33(2,3)38-32(36)35-28-19-14-20-29(37-4)30(28)27(31(35)39(5,6)7)21-22-34(23-25-15-10-8-11-16-25)24-26-17-12-9-13-18-26/h8-20H,21-24H2,1-7H3. The van der Waals surface area contributed by atoms with Crippen LogP contribution in [0.1, 0.15) is 37.5 Å². The molecule has 0 unspecified atom stereocenters. The van der Waals surface area contributed by atoms with Gasteiger partial charge in [-0.3, -0.25) is 9.47 Å². The van der Waals surface area contributed by atoms with Crippen LogP contribution in [0.4, 0.5) is 4.79 Å². The summed E-state index contributed by atoms with van der Waals surface area (Å²) in [5.41, 5.74) is 4.03. The summed E-state index contributed by atoms with van der Waals surface area (Å²) in [6.07, 6.45) is 0.473. The van der Waals surface area contributed by atoms with E-state index in [1.165, 1.54) is 16.7 Å². The number of carbonyl (C=O) groups is 1. The zero-order chi connectivity index (χ0) is 28.2. The molecule has 0 saturated carbocycles. The van der Waals surface area contributed by atoms with E-state index in [1.54, 1.807) is 7.11 Å². The average molecular weight is 543 g/mol. The Morgan fingerprint density at radius 2 is 1.41 bits per heavy atom. The van der Waals surface area contributed by atoms with Crippen molar-refractivity contribution in [2.24, 2.45) is 0 Å². The Kier molecular flexibility index (Phi) is 8.67. The Labute approximate surface area is 234 Å². The van der Waals surface area contributed by atoms with Crippen molar-refractivity contribution in [2.75, 3.05) is 13.7 Å². The zero-order valence-corrected chi connectivity index (χ0v) is 25.5. The van der Waals surface area contributed by atoms with Crippen molar-refractivity contribution < 1.29 is 14.3 Å². The molecule has 0 amide bonds. The molecule has 0 aliphatic heterocycles. The van der Waals surface area contributed by atoms with Crippen LogP contribution < -0.4 is 10.1 Å². The third-order valence-electron chi connectivity index (χ3n) is 6.74. The summed E-state index contributed by atoms with van der Waals surface area (Å²) in [6, 6.07) is 27.2. The van der Waals surface area contributed by atoms with Crippen molar-refractivity contribution in [1.29, 1.82) is 0 Å². The first kappa shape index (κ1) is 28.6. The third-order valence-corrected chi connectivity index (χ3v) is 8.69. The van der Waals surface area contributed by atoms with Crippen molar-refractivity contribution in [3.63, 3.8) is 0 Å². The summed E-state index contributed by atoms with van der Waals surface area (Å²) in [5.74, 6) is 0.793. The number of nitrogens with zero attached hydrogens (tertiary/aromatic N) is 2. The van der Waals surface area contributed by atoms with Gasteiger partial charge in [-0.15, -0.1) is 0 Å². The maximum atomic E-state index is 13.7. The molecule has 0 atom stereocenters. The molecule has 3 aromatic carbocycles. The molecule has 5 nitrogen and oxygen atoms in total. The van der Waals surface area contributed by atoms with Gasteiger partial charge in [-0.25, -0.2) is 4.79 Å². The van der Waals surface area contributed by atoms with Gasteiger partial charge in [0.15, 0.2) is 0 Å². The quantitative estimate of drug-likeness (QED) is 0.209. The molecule has 0 radical (unpaired) electrons. The second kappa shape index (κ2) is 11.8. The van der Waals surface area contributed by atoms with E-state index in [9.17, 15) is 4.79 Å². The third kappa shape index (κ3) is 7.00. The minimum atomic E-state index is -2.01. The van der Waals surface area contributed by atoms with E-state index in [0.717, 1.165) is 48.0 Å². The lowest BCUT2D eigenvalue weighted by Gasteiger charge is -2.26. The van der Waals surface area contributed by atoms with Crippen LogP contribution in [0.25, 0.3) is 10.9 Å². The van der Waals surface area contributed by atoms with E-state index in [0.29, 0.717) is 0 Å². The number of methoxy groups -OCH3 is 1. The number of hydrogen-bond donors (Lipinski definition) is 0. The Hall–Kier alpha value is -3.35. The molecule has 39 heavy (non-hydrogen) atoms. The van der Waals surface area contributed by atoms with Crippen molar-refractivity contribution in [1.82, 2.24) is 9.47 Å². The molecular formula is C33H42N2O3Si. The highest BCUT2D eigenvalue weighted by molar-refractivity contribution is 6.89. The van der Waals surface area contributed by atoms with Crippen molar-refractivity contribution >= 4 is 30.4 Å². The summed E-state index contributed by atoms with van der Waals surface area (Å²) >= 11 is 0. The lowest BCUT2D eigenvalue weighted by molar-refractivity contribution is 0.0548. The summed E-state index contributed by atoms with van der Waals surface area (Å²) in [7, 11) is -0.309. The van der Waals surface area contributed by atoms with Gasteiger partial charge in [0.25, 0.3) is 0 Å². The Morgan fingerprint density at radius 1 is 0.846 bits per heavy atom. The molecule has 6 heteroatoms. The number of rotatable bonds is 9. The molecule has 206 valence electrons. The molecule has 0 aliphatic rings. The molecule has 0 fully saturated rings. The number of fused-ring (bicyclic) bond motifs is 1. The fourth-order valence-electron chi connectivity index (χ4n) is 5.25. The number of aromatic nitrogens is 1. The normalized spacial score (nSPS) is 12.2. The lowest BCUT2D eigenvalue weighted by Crippen LogP contribution is -2.48. The van der Waals surface area contributed by atoms with Crippen molar-refractivity contribution in [3.05, 3.63) is 95.6 Å². The van der Waals surface area contributed by atoms with Crippen LogP contribution in [0.15, 0.2) is 78.9 Å². The first-order valence-corrected chi connectivity index (χ1v) is 17.2. The van der Waals surface area contributed by atoms with Gasteiger partial charge in [-0.1, -0.05) is 86.4 Å². The van der Waals surface area contributed by atoms with Gasteiger partial charge in [0.2, 0.25) is 0 Å². The van der Waals surface area contributed by atoms with Gasteiger partial charge in [-0.2, -0.15) is 0 Å². The number of hydrogen-bond acceptors (Lipinski definition) is 4. The first-order valence-electron chi connectivity index (χ1n) is 13.7. The highest BCUT2D eigenvalue weighted by Gasteiger charge is 2.33. The number of carbonyl (C=O) groups excluding carboxylic acids is 1. The van der Waals surface area contributed by atoms with Gasteiger partial charge in [-0.05, 0) is 56.0 Å². The topological polar surface area (TPSA) is 43.7 Å². The van der Waals surface area contributed by atoms with Gasteiger partial charge in [0.05, 0.1) is 20.7 Å². The van der Waals surface area contributed by atoms with Crippen molar-refractivity contribution in [2.45, 2.75) is 65.5 Å². The van der Waals surface area contributed by atoms with Crippen LogP contribution in [0.3, 0.4) is 0 Å². The molecule has 1 aromatic heterocycles. The Morgan fingerprint density at radius 3 is 1.90 bits per heavy atom. The second-order valence-corrected chi connectivity index (χ2v) is 17.2. The summed E-state index contributed by atoms with van der Waals surface area (Å²) < 4.78 is 13.6. The fourth-order valence-corrected chi connectivity index (χ4v) is 7.29. The van der Waals surface area contributed by atoms with Crippen LogP contribution in [-0.2, 0) is 24.2 Å². The highest BCUT2D eigenvalue weighted by Crippen LogP contribution is 2.32. The minimum absolute atomic E-state index is 0.324. The van der Waals surface area contributed by atoms with E-state index in [4.69, 9.17) is 9.47 Å². The highest BCUT2D eigenvalue weighted by atomic mass is 28.3. The van der Waals surface area contributed by atoms with E-state index in [1.807, 2.05) is 43.5 Å². The lowest BCUT2D eigenvalue weighted by atomic mass is 10.1. The molecule has 0 aliphatic carbocycles. The Bertz CT molecular complexity index is 1360. The predicted molar refractivity (Wildman–Crippen MR) is 164 cm³/mol. The van der Waals surface area contributed by atoms with E-state index >= 15 is 0 Å². The molecule has 0 bridgehead atoms. The van der Waals surface area contributed by atoms with Gasteiger partial charge >= 0.3 is 6.09 Å². The summed E-state index contributed by atoms with van der Waals surface area (Å²) in [6.45, 7) is 15.2. The number of ether oxygens (including phenoxy) is 2. The molecule has 0 spiro atoms. The fraction of sp³-hybridized carbons (Fsp3) is 0.364. The molecule has 4 rings (SSSR count). The average Bonchev–Trinajstić information content (AvgIpc) is 3.23. The maximum absolute atomic E-state index is 13.7. The molecule has 0 saturated heterocycles. The summed E-state index contributed by atoms with van der Waals surface area (Å²) in [5, 5.41) is 2.12. The molecular weight excluding hydrogens is 500 g/mol. The minimum Gasteiger partial charge on any atom is -0.496 e. The van der Waals surface area contributed by atoms with E-state index in [-0.39, 0.29) is 6.09 Å². The molecule has 0 N–H and O–H groups in total. The largest absolute Gasteiger partial charge is 0.496 e. The smallest absolute Gasteiger partial charge is 0.418 e. The van der Waals surface area contributed by atoms with Gasteiger partial charge in [0.1, 0.15) is 11.4 Å². The van der Waals surface area contributed by atoms with Gasteiger partial charge in [0, 0.05) is 30.3 Å². The number of benzene rings is 3. The SMILES string of the molecule is COc1cccc2c1c(CCN(Cc1ccccc1)Cc1ccccc1)c([Si](C)(C)C)n2C(=O)OC(C)(C)C. The van der Waals surface area contributed by atoms with Gasteiger partial charge < -0.3 is 9.47 Å². The van der Waals surface area contributed by atoms with E-state index < -0.39 is 13.7 Å². The van der Waals surface area contributed by atoms with Crippen LogP contribution in [-0.4, -0.2) is 42.9 Å². The van der Waals surface area contributed by atoms with Crippen LogP contribution in [0, 0.1) is 0 Å². The zero-order valence-electron chi connectivity index (χ0n) is 24.5. The first-order chi connectivity index (χ1) is 18.5. The molecule has 4 aromatic rings. The monoisotopic (exact) mass is 542 g/mol. The van der Waals surface area contributed by atoms with Crippen LogP contribution in [0.2, 0.25) is 19.6 Å². The predicted octanol–water partition coefficient (Wildman–Crippen LogP) is 7.22. The Balaban J connectivity index is 1.80. The molecule has 1 heterocycles. The van der Waals surface area contributed by atoms with Crippen molar-refractivity contribution in [3.8, 4) is 5.75 Å². The van der Waals surface area contributed by atoms with Crippen LogP contribution in [0.5, 0.6) is 5.75 Å². The summed E-state index contributed by atoms with van der Waals surface area (Å²) in [4.78, 5) is 16.2. The maximum Gasteiger partial charge on any atom is 0.418 e. The van der Waals surface area contributed by atoms with Crippen LogP contribution >= 0.6 is 0 Å².